The minimum absolute atomic E-state index is 0.135. The van der Waals surface area contributed by atoms with Gasteiger partial charge in [0.15, 0.2) is 0 Å². The van der Waals surface area contributed by atoms with Crippen molar-refractivity contribution in [3.05, 3.63) is 48.0 Å². The van der Waals surface area contributed by atoms with Crippen molar-refractivity contribution >= 4 is 16.9 Å². The average molecular weight is 505 g/mol. The lowest BCUT2D eigenvalue weighted by molar-refractivity contribution is 0.0751. The van der Waals surface area contributed by atoms with Crippen LogP contribution >= 0.6 is 0 Å². The molecule has 3 aromatic rings. The molecule has 0 bridgehead atoms. The minimum Gasteiger partial charge on any atom is -0.497 e. The second-order valence-corrected chi connectivity index (χ2v) is 10.3. The Morgan fingerprint density at radius 3 is 2.27 bits per heavy atom. The maximum absolute atomic E-state index is 13.6. The highest BCUT2D eigenvalue weighted by Gasteiger charge is 2.19. The average Bonchev–Trinajstić information content (AvgIpc) is 3.31. The summed E-state index contributed by atoms with van der Waals surface area (Å²) in [6.07, 6.45) is 9.28. The molecule has 0 radical (unpaired) electrons. The van der Waals surface area contributed by atoms with E-state index in [4.69, 9.17) is 9.72 Å². The van der Waals surface area contributed by atoms with Crippen molar-refractivity contribution in [2.45, 2.75) is 71.8 Å². The van der Waals surface area contributed by atoms with Crippen molar-refractivity contribution in [3.8, 4) is 17.1 Å². The summed E-state index contributed by atoms with van der Waals surface area (Å²) in [4.78, 5) is 23.2. The Hall–Kier alpha value is -2.86. The second-order valence-electron chi connectivity index (χ2n) is 10.3. The van der Waals surface area contributed by atoms with E-state index in [0.717, 1.165) is 92.0 Å². The van der Waals surface area contributed by atoms with Crippen molar-refractivity contribution < 1.29 is 9.53 Å². The lowest BCUT2D eigenvalue weighted by Crippen LogP contribution is -2.33. The van der Waals surface area contributed by atoms with Crippen LogP contribution in [0.25, 0.3) is 22.4 Å². The molecule has 1 aliphatic rings. The van der Waals surface area contributed by atoms with Gasteiger partial charge in [0.2, 0.25) is 0 Å². The van der Waals surface area contributed by atoms with Crippen LogP contribution in [-0.2, 0) is 6.54 Å². The molecular weight excluding hydrogens is 460 g/mol. The maximum atomic E-state index is 13.6. The van der Waals surface area contributed by atoms with Gasteiger partial charge in [-0.3, -0.25) is 4.79 Å². The third-order valence-electron chi connectivity index (χ3n) is 7.50. The normalized spacial score (nSPS) is 14.2. The topological polar surface area (TPSA) is 50.6 Å². The number of carbonyl (C=O) groups excluding carboxylic acids is 1. The van der Waals surface area contributed by atoms with Gasteiger partial charge >= 0.3 is 0 Å². The molecule has 1 aliphatic heterocycles. The fourth-order valence-corrected chi connectivity index (χ4v) is 5.27. The lowest BCUT2D eigenvalue weighted by Gasteiger charge is -2.26. The number of imidazole rings is 1. The van der Waals surface area contributed by atoms with E-state index in [1.54, 1.807) is 7.11 Å². The van der Waals surface area contributed by atoms with Crippen LogP contribution in [0.4, 0.5) is 0 Å². The van der Waals surface area contributed by atoms with E-state index >= 15 is 0 Å². The molecule has 0 atom stereocenters. The van der Waals surface area contributed by atoms with Gasteiger partial charge in [-0.25, -0.2) is 4.98 Å². The standard InChI is InChI=1S/C31H44N4O2/c1-4-6-21-34(22-7-5-2)31(36)26-14-17-28-29(24-26)35(23-11-20-33-18-9-8-10-19-33)30(32-28)25-12-15-27(37-3)16-13-25/h12-17,24H,4-11,18-23H2,1-3H3. The van der Waals surface area contributed by atoms with Gasteiger partial charge in [0.25, 0.3) is 5.91 Å². The molecule has 1 aromatic heterocycles. The first-order valence-electron chi connectivity index (χ1n) is 14.3. The van der Waals surface area contributed by atoms with E-state index < -0.39 is 0 Å². The van der Waals surface area contributed by atoms with Gasteiger partial charge in [0.1, 0.15) is 11.6 Å². The van der Waals surface area contributed by atoms with E-state index in [0.29, 0.717) is 0 Å². The van der Waals surface area contributed by atoms with Crippen LogP contribution in [0.2, 0.25) is 0 Å². The quantitative estimate of drug-likeness (QED) is 0.262. The summed E-state index contributed by atoms with van der Waals surface area (Å²) in [5.74, 6) is 1.93. The number of rotatable bonds is 13. The van der Waals surface area contributed by atoms with Crippen molar-refractivity contribution in [2.75, 3.05) is 39.8 Å². The maximum Gasteiger partial charge on any atom is 0.253 e. The zero-order valence-corrected chi connectivity index (χ0v) is 23.0. The van der Waals surface area contributed by atoms with Crippen LogP contribution in [0, 0.1) is 0 Å². The Morgan fingerprint density at radius 2 is 1.62 bits per heavy atom. The highest BCUT2D eigenvalue weighted by molar-refractivity contribution is 5.98. The minimum atomic E-state index is 0.135. The summed E-state index contributed by atoms with van der Waals surface area (Å²) in [5.41, 5.74) is 3.81. The Bertz CT molecular complexity index is 1120. The van der Waals surface area contributed by atoms with Crippen LogP contribution in [0.1, 0.15) is 75.6 Å². The molecule has 0 aliphatic carbocycles. The monoisotopic (exact) mass is 504 g/mol. The first-order chi connectivity index (χ1) is 18.1. The van der Waals surface area contributed by atoms with E-state index in [2.05, 4.69) is 41.5 Å². The molecule has 0 N–H and O–H groups in total. The van der Waals surface area contributed by atoms with Gasteiger partial charge in [0, 0.05) is 30.8 Å². The molecule has 6 nitrogen and oxygen atoms in total. The molecule has 2 heterocycles. The first-order valence-corrected chi connectivity index (χ1v) is 14.3. The van der Waals surface area contributed by atoms with Gasteiger partial charge in [-0.15, -0.1) is 0 Å². The lowest BCUT2D eigenvalue weighted by atomic mass is 10.1. The third-order valence-corrected chi connectivity index (χ3v) is 7.50. The number of aryl methyl sites for hydroxylation is 1. The fraction of sp³-hybridized carbons (Fsp3) is 0.548. The molecule has 6 heteroatoms. The molecule has 1 amide bonds. The van der Waals surface area contributed by atoms with Gasteiger partial charge in [-0.05, 0) is 94.2 Å². The van der Waals surface area contributed by atoms with Crippen LogP contribution in [0.5, 0.6) is 5.75 Å². The third kappa shape index (κ3) is 6.92. The SMILES string of the molecule is CCCCN(CCCC)C(=O)c1ccc2nc(-c3ccc(OC)cc3)n(CCCN3CCCCC3)c2c1. The van der Waals surface area contributed by atoms with Crippen LogP contribution < -0.4 is 4.74 Å². The Kier molecular flexibility index (Phi) is 10.0. The van der Waals surface area contributed by atoms with E-state index in [9.17, 15) is 4.79 Å². The first kappa shape index (κ1) is 27.2. The largest absolute Gasteiger partial charge is 0.497 e. The number of benzene rings is 2. The van der Waals surface area contributed by atoms with E-state index in [1.807, 2.05) is 29.2 Å². The molecular formula is C31H44N4O2. The van der Waals surface area contributed by atoms with Crippen molar-refractivity contribution in [1.82, 2.24) is 19.4 Å². The summed E-state index contributed by atoms with van der Waals surface area (Å²) in [7, 11) is 1.69. The number of hydrogen-bond donors (Lipinski definition) is 0. The predicted molar refractivity (Wildman–Crippen MR) is 152 cm³/mol. The smallest absolute Gasteiger partial charge is 0.253 e. The van der Waals surface area contributed by atoms with Gasteiger partial charge in [0.05, 0.1) is 18.1 Å². The number of methoxy groups -OCH3 is 1. The summed E-state index contributed by atoms with van der Waals surface area (Å²) < 4.78 is 7.69. The zero-order chi connectivity index (χ0) is 26.0. The van der Waals surface area contributed by atoms with Gasteiger partial charge in [-0.2, -0.15) is 0 Å². The van der Waals surface area contributed by atoms with Gasteiger partial charge < -0.3 is 19.1 Å². The number of aromatic nitrogens is 2. The molecule has 1 fully saturated rings. The Labute approximate surface area is 222 Å². The van der Waals surface area contributed by atoms with Crippen LogP contribution in [-0.4, -0.2) is 65.1 Å². The number of ether oxygens (including phenoxy) is 1. The van der Waals surface area contributed by atoms with Crippen LogP contribution in [0.15, 0.2) is 42.5 Å². The summed E-state index contributed by atoms with van der Waals surface area (Å²) in [6, 6.07) is 14.2. The number of carbonyl (C=O) groups is 1. The highest BCUT2D eigenvalue weighted by Crippen LogP contribution is 2.28. The zero-order valence-electron chi connectivity index (χ0n) is 23.0. The summed E-state index contributed by atoms with van der Waals surface area (Å²) in [6.45, 7) is 10.4. The molecule has 0 spiro atoms. The molecule has 1 saturated heterocycles. The molecule has 37 heavy (non-hydrogen) atoms. The highest BCUT2D eigenvalue weighted by atomic mass is 16.5. The van der Waals surface area contributed by atoms with Crippen molar-refractivity contribution in [1.29, 1.82) is 0 Å². The number of fused-ring (bicyclic) bond motifs is 1. The number of likely N-dealkylation sites (tertiary alicyclic amines) is 1. The van der Waals surface area contributed by atoms with Crippen molar-refractivity contribution in [3.63, 3.8) is 0 Å². The molecule has 4 rings (SSSR count). The Balaban J connectivity index is 1.65. The summed E-state index contributed by atoms with van der Waals surface area (Å²) >= 11 is 0. The molecule has 0 saturated carbocycles. The molecule has 2 aromatic carbocycles. The number of hydrogen-bond acceptors (Lipinski definition) is 4. The second kappa shape index (κ2) is 13.6. The van der Waals surface area contributed by atoms with Crippen LogP contribution in [0.3, 0.4) is 0 Å². The fourth-order valence-electron chi connectivity index (χ4n) is 5.27. The number of unbranched alkanes of at least 4 members (excludes halogenated alkanes) is 2. The molecule has 0 unspecified atom stereocenters. The number of piperidine rings is 1. The number of amides is 1. The van der Waals surface area contributed by atoms with E-state index in [1.165, 1.54) is 32.4 Å². The predicted octanol–water partition coefficient (Wildman–Crippen LogP) is 6.63. The Morgan fingerprint density at radius 1 is 0.919 bits per heavy atom. The summed E-state index contributed by atoms with van der Waals surface area (Å²) in [5, 5.41) is 0. The van der Waals surface area contributed by atoms with E-state index in [-0.39, 0.29) is 5.91 Å². The molecule has 200 valence electrons. The van der Waals surface area contributed by atoms with Crippen molar-refractivity contribution in [2.24, 2.45) is 0 Å². The van der Waals surface area contributed by atoms with Gasteiger partial charge in [-0.1, -0.05) is 33.1 Å². The number of nitrogens with zero attached hydrogens (tertiary/aromatic N) is 4.